The van der Waals surface area contributed by atoms with E-state index in [0.717, 1.165) is 17.3 Å². The molecule has 0 aliphatic heterocycles. The van der Waals surface area contributed by atoms with Crippen molar-refractivity contribution in [2.75, 3.05) is 26.5 Å². The number of aliphatic hydroxyl groups is 1. The second-order valence-electron chi connectivity index (χ2n) is 6.35. The number of halogens is 2. The number of benzene rings is 1. The van der Waals surface area contributed by atoms with Gasteiger partial charge >= 0.3 is 0 Å². The predicted octanol–water partition coefficient (Wildman–Crippen LogP) is 2.74. The second kappa shape index (κ2) is 8.36. The molecule has 0 amide bonds. The van der Waals surface area contributed by atoms with Crippen molar-refractivity contribution < 1.29 is 18.3 Å². The van der Waals surface area contributed by atoms with E-state index in [0.29, 0.717) is 23.7 Å². The Labute approximate surface area is 157 Å². The molecule has 0 radical (unpaired) electrons. The first kappa shape index (κ1) is 20.0. The highest BCUT2D eigenvalue weighted by atomic mass is 79.9. The summed E-state index contributed by atoms with van der Waals surface area (Å²) in [6.45, 7) is 0.489. The van der Waals surface area contributed by atoms with E-state index in [2.05, 4.69) is 15.9 Å². The molecule has 1 saturated carbocycles. The van der Waals surface area contributed by atoms with Gasteiger partial charge in [0.2, 0.25) is 0 Å². The Kier molecular flexibility index (Phi) is 6.96. The molecule has 3 atom stereocenters. The van der Waals surface area contributed by atoms with Crippen LogP contribution in [0.2, 0.25) is 5.02 Å². The van der Waals surface area contributed by atoms with E-state index in [1.54, 1.807) is 18.2 Å². The van der Waals surface area contributed by atoms with Crippen molar-refractivity contribution in [2.45, 2.75) is 36.7 Å². The molecule has 0 bridgehead atoms. The number of ether oxygens (including phenoxy) is 1. The van der Waals surface area contributed by atoms with Gasteiger partial charge in [-0.25, -0.2) is 8.42 Å². The lowest BCUT2D eigenvalue weighted by atomic mass is 10.2. The number of nitrogens with zero attached hydrogens (tertiary/aromatic N) is 1. The Morgan fingerprint density at radius 2 is 2.17 bits per heavy atom. The first-order chi connectivity index (χ1) is 11.2. The molecule has 1 aromatic carbocycles. The number of likely N-dealkylation sites (N-methyl/N-ethyl adjacent to an activating group) is 1. The van der Waals surface area contributed by atoms with E-state index < -0.39 is 15.9 Å². The van der Waals surface area contributed by atoms with Gasteiger partial charge in [0.05, 0.1) is 9.72 Å². The number of aliphatic hydroxyl groups excluding tert-OH is 1. The van der Waals surface area contributed by atoms with Crippen LogP contribution in [0, 0.1) is 0 Å². The quantitative estimate of drug-likeness (QED) is 0.706. The van der Waals surface area contributed by atoms with Gasteiger partial charge in [0.15, 0.2) is 9.84 Å². The summed E-state index contributed by atoms with van der Waals surface area (Å²) in [6, 6.07) is 5.14. The molecular weight excluding hydrogens is 418 g/mol. The van der Waals surface area contributed by atoms with Crippen molar-refractivity contribution >= 4 is 37.4 Å². The van der Waals surface area contributed by atoms with Gasteiger partial charge in [0.25, 0.3) is 0 Å². The molecule has 1 N–H and O–H groups in total. The number of hydrogen-bond acceptors (Lipinski definition) is 5. The number of rotatable bonds is 7. The van der Waals surface area contributed by atoms with Crippen LogP contribution in [-0.2, 0) is 9.84 Å². The van der Waals surface area contributed by atoms with Gasteiger partial charge in [-0.1, -0.05) is 18.0 Å². The Hall–Kier alpha value is -0.340. The maximum Gasteiger partial charge on any atom is 0.151 e. The molecule has 0 spiro atoms. The molecule has 1 fully saturated rings. The van der Waals surface area contributed by atoms with E-state index >= 15 is 0 Å². The van der Waals surface area contributed by atoms with Crippen molar-refractivity contribution in [3.8, 4) is 5.75 Å². The number of sulfone groups is 1. The van der Waals surface area contributed by atoms with Crippen LogP contribution < -0.4 is 4.74 Å². The predicted molar refractivity (Wildman–Crippen MR) is 99.6 cm³/mol. The maximum absolute atomic E-state index is 11.9. The SMILES string of the molecule is CN(CC(O)COc1ccc(Cl)cc1Br)C1CCCC1S(C)(=O)=O. The zero-order valence-corrected chi connectivity index (χ0v) is 16.9. The Morgan fingerprint density at radius 1 is 1.46 bits per heavy atom. The second-order valence-corrected chi connectivity index (χ2v) is 9.90. The lowest BCUT2D eigenvalue weighted by Gasteiger charge is -2.30. The molecule has 1 aliphatic rings. The lowest BCUT2D eigenvalue weighted by molar-refractivity contribution is 0.0640. The third-order valence-corrected chi connectivity index (χ3v) is 6.86. The topological polar surface area (TPSA) is 66.8 Å². The monoisotopic (exact) mass is 439 g/mol. The smallest absolute Gasteiger partial charge is 0.151 e. The molecule has 0 saturated heterocycles. The van der Waals surface area contributed by atoms with E-state index in [1.165, 1.54) is 6.26 Å². The van der Waals surface area contributed by atoms with Crippen LogP contribution in [0.5, 0.6) is 5.75 Å². The highest BCUT2D eigenvalue weighted by Crippen LogP contribution is 2.29. The van der Waals surface area contributed by atoms with Crippen molar-refractivity contribution in [3.63, 3.8) is 0 Å². The Morgan fingerprint density at radius 3 is 2.79 bits per heavy atom. The van der Waals surface area contributed by atoms with E-state index in [9.17, 15) is 13.5 Å². The molecule has 1 aliphatic carbocycles. The summed E-state index contributed by atoms with van der Waals surface area (Å²) in [5.74, 6) is 0.607. The molecule has 8 heteroatoms. The van der Waals surface area contributed by atoms with Crippen molar-refractivity contribution in [1.29, 1.82) is 0 Å². The van der Waals surface area contributed by atoms with Gasteiger partial charge in [-0.2, -0.15) is 0 Å². The molecule has 0 aromatic heterocycles. The minimum Gasteiger partial charge on any atom is -0.490 e. The van der Waals surface area contributed by atoms with Crippen LogP contribution in [0.25, 0.3) is 0 Å². The van der Waals surface area contributed by atoms with Gasteiger partial charge in [-0.15, -0.1) is 0 Å². The first-order valence-corrected chi connectivity index (χ1v) is 11.0. The molecule has 3 unspecified atom stereocenters. The van der Waals surface area contributed by atoms with Crippen molar-refractivity contribution in [2.24, 2.45) is 0 Å². The van der Waals surface area contributed by atoms with Gasteiger partial charge in [-0.05, 0) is 54.0 Å². The standard InChI is InChI=1S/C16H23BrClNO4S/c1-19(14-4-3-5-16(14)24(2,21)22)9-12(20)10-23-15-7-6-11(18)8-13(15)17/h6-8,12,14,16,20H,3-5,9-10H2,1-2H3. The lowest BCUT2D eigenvalue weighted by Crippen LogP contribution is -2.45. The zero-order chi connectivity index (χ0) is 17.9. The highest BCUT2D eigenvalue weighted by Gasteiger charge is 2.37. The summed E-state index contributed by atoms with van der Waals surface area (Å²) in [5.41, 5.74) is 0. The number of hydrogen-bond donors (Lipinski definition) is 1. The van der Waals surface area contributed by atoms with Gasteiger partial charge < -0.3 is 9.84 Å². The molecule has 2 rings (SSSR count). The fourth-order valence-corrected chi connectivity index (χ4v) is 5.52. The fraction of sp³-hybridized carbons (Fsp3) is 0.625. The van der Waals surface area contributed by atoms with Crippen LogP contribution >= 0.6 is 27.5 Å². The van der Waals surface area contributed by atoms with Crippen molar-refractivity contribution in [1.82, 2.24) is 4.90 Å². The van der Waals surface area contributed by atoms with Crippen molar-refractivity contribution in [3.05, 3.63) is 27.7 Å². The van der Waals surface area contributed by atoms with Crippen LogP contribution in [0.15, 0.2) is 22.7 Å². The van der Waals surface area contributed by atoms with Gasteiger partial charge in [-0.3, -0.25) is 4.90 Å². The normalized spacial score (nSPS) is 22.8. The average Bonchev–Trinajstić information content (AvgIpc) is 2.96. The summed E-state index contributed by atoms with van der Waals surface area (Å²) < 4.78 is 30.1. The van der Waals surface area contributed by atoms with Crippen LogP contribution in [-0.4, -0.2) is 62.3 Å². The third-order valence-electron chi connectivity index (χ3n) is 4.36. The highest BCUT2D eigenvalue weighted by molar-refractivity contribution is 9.10. The summed E-state index contributed by atoms with van der Waals surface area (Å²) in [5, 5.41) is 10.5. The summed E-state index contributed by atoms with van der Waals surface area (Å²) in [4.78, 5) is 1.93. The van der Waals surface area contributed by atoms with Gasteiger partial charge in [0.1, 0.15) is 18.5 Å². The molecule has 1 aromatic rings. The van der Waals surface area contributed by atoms with Gasteiger partial charge in [0, 0.05) is 23.9 Å². The summed E-state index contributed by atoms with van der Waals surface area (Å²) in [6.07, 6.45) is 3.01. The maximum atomic E-state index is 11.9. The Balaban J connectivity index is 1.88. The zero-order valence-electron chi connectivity index (χ0n) is 13.8. The third kappa shape index (κ3) is 5.33. The van der Waals surface area contributed by atoms with E-state index in [1.807, 2.05) is 11.9 Å². The Bertz CT molecular complexity index is 670. The minimum atomic E-state index is -3.07. The van der Waals surface area contributed by atoms with E-state index in [4.69, 9.17) is 16.3 Å². The molecule has 136 valence electrons. The minimum absolute atomic E-state index is 0.0445. The van der Waals surface area contributed by atoms with Crippen LogP contribution in [0.4, 0.5) is 0 Å². The fourth-order valence-electron chi connectivity index (χ4n) is 3.21. The molecular formula is C16H23BrClNO4S. The summed E-state index contributed by atoms with van der Waals surface area (Å²) >= 11 is 9.24. The molecule has 5 nitrogen and oxygen atoms in total. The summed E-state index contributed by atoms with van der Waals surface area (Å²) in [7, 11) is -1.21. The van der Waals surface area contributed by atoms with Crippen LogP contribution in [0.3, 0.4) is 0 Å². The molecule has 24 heavy (non-hydrogen) atoms. The molecule has 0 heterocycles. The van der Waals surface area contributed by atoms with Crippen LogP contribution in [0.1, 0.15) is 19.3 Å². The van der Waals surface area contributed by atoms with E-state index in [-0.39, 0.29) is 17.9 Å². The first-order valence-electron chi connectivity index (χ1n) is 7.83. The average molecular weight is 441 g/mol. The largest absolute Gasteiger partial charge is 0.490 e.